The van der Waals surface area contributed by atoms with E-state index in [1.54, 1.807) is 18.2 Å². The molecule has 0 amide bonds. The average Bonchev–Trinajstić information content (AvgIpc) is 2.40. The lowest BCUT2D eigenvalue weighted by Gasteiger charge is -2.10. The number of hydrogen-bond acceptors (Lipinski definition) is 2. The zero-order valence-electron chi connectivity index (χ0n) is 10.5. The fourth-order valence-corrected chi connectivity index (χ4v) is 2.14. The second kappa shape index (κ2) is 6.91. The third-order valence-electron chi connectivity index (χ3n) is 2.65. The Hall–Kier alpha value is -1.59. The molecule has 0 unspecified atom stereocenters. The van der Waals surface area contributed by atoms with Crippen LogP contribution in [0.3, 0.4) is 0 Å². The van der Waals surface area contributed by atoms with E-state index in [0.29, 0.717) is 22.3 Å². The molecule has 0 spiro atoms. The van der Waals surface area contributed by atoms with Crippen molar-refractivity contribution in [1.82, 2.24) is 0 Å². The summed E-state index contributed by atoms with van der Waals surface area (Å²) in [5.74, 6) is -1.37. The quantitative estimate of drug-likeness (QED) is 0.795. The third-order valence-corrected chi connectivity index (χ3v) is 3.23. The number of rotatable bonds is 5. The van der Waals surface area contributed by atoms with Crippen LogP contribution in [0.2, 0.25) is 10.0 Å². The Bertz CT molecular complexity index is 638. The number of anilines is 1. The first-order valence-corrected chi connectivity index (χ1v) is 6.63. The van der Waals surface area contributed by atoms with E-state index in [4.69, 9.17) is 23.2 Å². The van der Waals surface area contributed by atoms with Crippen LogP contribution in [0.4, 0.5) is 18.9 Å². The summed E-state index contributed by atoms with van der Waals surface area (Å²) in [5, 5.41) is 3.93. The minimum Gasteiger partial charge on any atom is -0.432 e. The SMILES string of the molecule is Fc1cc(NCc2ccc(Cl)cc2Cl)ccc1OC(F)F. The molecule has 0 aliphatic heterocycles. The number of nitrogens with one attached hydrogen (secondary N) is 1. The summed E-state index contributed by atoms with van der Waals surface area (Å²) in [6.07, 6.45) is 0. The largest absolute Gasteiger partial charge is 0.432 e. The molecule has 0 aliphatic carbocycles. The van der Waals surface area contributed by atoms with E-state index in [2.05, 4.69) is 10.1 Å². The number of benzene rings is 2. The summed E-state index contributed by atoms with van der Waals surface area (Å²) in [7, 11) is 0. The molecule has 2 nitrogen and oxygen atoms in total. The van der Waals surface area contributed by atoms with Crippen molar-refractivity contribution in [1.29, 1.82) is 0 Å². The van der Waals surface area contributed by atoms with Crippen LogP contribution in [-0.2, 0) is 6.54 Å². The van der Waals surface area contributed by atoms with E-state index >= 15 is 0 Å². The first kappa shape index (κ1) is 15.8. The van der Waals surface area contributed by atoms with Crippen LogP contribution in [0.25, 0.3) is 0 Å². The highest BCUT2D eigenvalue weighted by molar-refractivity contribution is 6.35. The van der Waals surface area contributed by atoms with Crippen LogP contribution >= 0.6 is 23.2 Å². The van der Waals surface area contributed by atoms with Gasteiger partial charge in [-0.15, -0.1) is 0 Å². The first-order chi connectivity index (χ1) is 9.95. The van der Waals surface area contributed by atoms with Crippen molar-refractivity contribution < 1.29 is 17.9 Å². The van der Waals surface area contributed by atoms with Crippen molar-refractivity contribution in [3.8, 4) is 5.75 Å². The van der Waals surface area contributed by atoms with Crippen molar-refractivity contribution in [2.45, 2.75) is 13.2 Å². The predicted molar refractivity (Wildman–Crippen MR) is 76.8 cm³/mol. The molecule has 0 radical (unpaired) electrons. The molecule has 2 rings (SSSR count). The highest BCUT2D eigenvalue weighted by atomic mass is 35.5. The minimum absolute atomic E-state index is 0.338. The van der Waals surface area contributed by atoms with E-state index in [1.165, 1.54) is 6.07 Å². The van der Waals surface area contributed by atoms with Gasteiger partial charge in [0.1, 0.15) is 0 Å². The topological polar surface area (TPSA) is 21.3 Å². The Balaban J connectivity index is 2.05. The predicted octanol–water partition coefficient (Wildman–Crippen LogP) is 5.35. The molecule has 0 bridgehead atoms. The first-order valence-electron chi connectivity index (χ1n) is 5.88. The third kappa shape index (κ3) is 4.44. The van der Waals surface area contributed by atoms with Gasteiger partial charge >= 0.3 is 6.61 Å². The molecule has 0 heterocycles. The molecular formula is C14H10Cl2F3NO. The zero-order chi connectivity index (χ0) is 15.4. The van der Waals surface area contributed by atoms with Gasteiger partial charge < -0.3 is 10.1 Å². The Morgan fingerprint density at radius 1 is 1.10 bits per heavy atom. The lowest BCUT2D eigenvalue weighted by molar-refractivity contribution is -0.0521. The van der Waals surface area contributed by atoms with Gasteiger partial charge in [-0.1, -0.05) is 29.3 Å². The Morgan fingerprint density at radius 3 is 2.48 bits per heavy atom. The molecule has 112 valence electrons. The maximum Gasteiger partial charge on any atom is 0.387 e. The summed E-state index contributed by atoms with van der Waals surface area (Å²) in [6, 6.07) is 8.66. The summed E-state index contributed by atoms with van der Waals surface area (Å²) in [6.45, 7) is -2.73. The van der Waals surface area contributed by atoms with Gasteiger partial charge in [0.2, 0.25) is 0 Å². The van der Waals surface area contributed by atoms with Gasteiger partial charge in [-0.2, -0.15) is 8.78 Å². The normalized spacial score (nSPS) is 10.8. The molecule has 2 aromatic rings. The van der Waals surface area contributed by atoms with Crippen LogP contribution in [0, 0.1) is 5.82 Å². The molecule has 21 heavy (non-hydrogen) atoms. The maximum absolute atomic E-state index is 13.5. The van der Waals surface area contributed by atoms with Gasteiger partial charge in [-0.3, -0.25) is 0 Å². The van der Waals surface area contributed by atoms with Crippen LogP contribution in [0.1, 0.15) is 5.56 Å². The zero-order valence-corrected chi connectivity index (χ0v) is 12.1. The monoisotopic (exact) mass is 335 g/mol. The summed E-state index contributed by atoms with van der Waals surface area (Å²) >= 11 is 11.8. The second-order valence-corrected chi connectivity index (χ2v) is 4.96. The molecule has 0 fully saturated rings. The fraction of sp³-hybridized carbons (Fsp3) is 0.143. The van der Waals surface area contributed by atoms with Gasteiger partial charge in [0.05, 0.1) is 0 Å². The Labute approximate surface area is 129 Å². The minimum atomic E-state index is -3.06. The number of ether oxygens (including phenoxy) is 1. The van der Waals surface area contributed by atoms with Crippen molar-refractivity contribution in [3.63, 3.8) is 0 Å². The molecule has 0 aromatic heterocycles. The van der Waals surface area contributed by atoms with Crippen molar-refractivity contribution >= 4 is 28.9 Å². The van der Waals surface area contributed by atoms with E-state index in [1.807, 2.05) is 0 Å². The van der Waals surface area contributed by atoms with E-state index in [-0.39, 0.29) is 0 Å². The fourth-order valence-electron chi connectivity index (χ4n) is 1.66. The molecular weight excluding hydrogens is 326 g/mol. The maximum atomic E-state index is 13.5. The lowest BCUT2D eigenvalue weighted by atomic mass is 10.2. The van der Waals surface area contributed by atoms with Crippen LogP contribution < -0.4 is 10.1 Å². The number of hydrogen-bond donors (Lipinski definition) is 1. The van der Waals surface area contributed by atoms with E-state index in [0.717, 1.165) is 17.7 Å². The highest BCUT2D eigenvalue weighted by Crippen LogP contribution is 2.25. The molecule has 0 saturated heterocycles. The van der Waals surface area contributed by atoms with Crippen LogP contribution in [0.5, 0.6) is 5.75 Å². The van der Waals surface area contributed by atoms with Crippen LogP contribution in [0.15, 0.2) is 36.4 Å². The summed E-state index contributed by atoms with van der Waals surface area (Å²) in [4.78, 5) is 0. The van der Waals surface area contributed by atoms with Gasteiger partial charge in [0.25, 0.3) is 0 Å². The molecule has 1 N–H and O–H groups in total. The van der Waals surface area contributed by atoms with E-state index in [9.17, 15) is 13.2 Å². The van der Waals surface area contributed by atoms with Gasteiger partial charge in [-0.05, 0) is 29.8 Å². The number of alkyl halides is 2. The molecule has 7 heteroatoms. The van der Waals surface area contributed by atoms with Gasteiger partial charge in [-0.25, -0.2) is 4.39 Å². The van der Waals surface area contributed by atoms with Crippen molar-refractivity contribution in [2.75, 3.05) is 5.32 Å². The summed E-state index contributed by atoms with van der Waals surface area (Å²) in [5.41, 5.74) is 1.19. The molecule has 0 aliphatic rings. The molecule has 0 atom stereocenters. The van der Waals surface area contributed by atoms with Crippen LogP contribution in [-0.4, -0.2) is 6.61 Å². The molecule has 2 aromatic carbocycles. The smallest absolute Gasteiger partial charge is 0.387 e. The van der Waals surface area contributed by atoms with Crippen molar-refractivity contribution in [2.24, 2.45) is 0 Å². The highest BCUT2D eigenvalue weighted by Gasteiger charge is 2.10. The van der Waals surface area contributed by atoms with Gasteiger partial charge in [0, 0.05) is 28.3 Å². The Morgan fingerprint density at radius 2 is 1.86 bits per heavy atom. The Kier molecular flexibility index (Phi) is 5.20. The number of halogens is 5. The average molecular weight is 336 g/mol. The standard InChI is InChI=1S/C14H10Cl2F3NO/c15-9-2-1-8(11(16)5-9)7-20-10-3-4-13(12(17)6-10)21-14(18)19/h1-6,14,20H,7H2. The van der Waals surface area contributed by atoms with Crippen molar-refractivity contribution in [3.05, 3.63) is 57.8 Å². The van der Waals surface area contributed by atoms with Gasteiger partial charge in [0.15, 0.2) is 11.6 Å². The summed E-state index contributed by atoms with van der Waals surface area (Å²) < 4.78 is 41.6. The molecule has 0 saturated carbocycles. The lowest BCUT2D eigenvalue weighted by Crippen LogP contribution is -2.05. The second-order valence-electron chi connectivity index (χ2n) is 4.11. The van der Waals surface area contributed by atoms with E-state index < -0.39 is 18.2 Å².